The van der Waals surface area contributed by atoms with Crippen molar-refractivity contribution in [1.29, 1.82) is 5.26 Å². The van der Waals surface area contributed by atoms with Crippen molar-refractivity contribution in [1.82, 2.24) is 0 Å². The van der Waals surface area contributed by atoms with Crippen LogP contribution in [0.3, 0.4) is 0 Å². The summed E-state index contributed by atoms with van der Waals surface area (Å²) in [5.41, 5.74) is 0.430. The predicted octanol–water partition coefficient (Wildman–Crippen LogP) is 5.00. The topological polar surface area (TPSA) is 66.0 Å². The van der Waals surface area contributed by atoms with Crippen molar-refractivity contribution in [2.45, 2.75) is 0 Å². The number of carbonyl (C=O) groups excluding carboxylic acids is 1. The lowest BCUT2D eigenvalue weighted by atomic mass is 10.2. The molecule has 21 heavy (non-hydrogen) atoms. The highest BCUT2D eigenvalue weighted by molar-refractivity contribution is 9.13. The molecule has 2 aromatic rings. The fourth-order valence-corrected chi connectivity index (χ4v) is 2.29. The Balaban J connectivity index is 2.21. The molecule has 0 aliphatic carbocycles. The van der Waals surface area contributed by atoms with E-state index in [9.17, 15) is 4.79 Å². The van der Waals surface area contributed by atoms with Crippen LogP contribution in [-0.4, -0.2) is 5.91 Å². The molecule has 0 unspecified atom stereocenters. The fourth-order valence-electron chi connectivity index (χ4n) is 1.49. The number of hydrogen-bond acceptors (Lipinski definition) is 3. The molecule has 0 radical (unpaired) electrons. The molecule has 0 saturated carbocycles. The zero-order chi connectivity index (χ0) is 15.4. The van der Waals surface area contributed by atoms with E-state index in [1.54, 1.807) is 30.3 Å². The molecule has 0 aliphatic rings. The number of anilines is 1. The number of carbonyl (C=O) groups is 1. The number of nitrogens with zero attached hydrogens (tertiary/aromatic N) is 1. The second-order valence-electron chi connectivity index (χ2n) is 3.90. The van der Waals surface area contributed by atoms with Gasteiger partial charge in [0.1, 0.15) is 17.4 Å². The van der Waals surface area contributed by atoms with Crippen LogP contribution >= 0.6 is 43.5 Å². The Kier molecular flexibility index (Phi) is 5.23. The zero-order valence-corrected chi connectivity index (χ0v) is 14.3. The van der Waals surface area contributed by atoms with Crippen molar-refractivity contribution in [3.63, 3.8) is 0 Å². The standard InChI is InChI=1S/C14H7Br2ClN2O2/c15-12-6-11(21-13(12)16)4-8(7-18)14(20)19-10-3-1-2-9(17)5-10/h1-6H,(H,19,20)/b8-4-. The van der Waals surface area contributed by atoms with Crippen molar-refractivity contribution in [2.24, 2.45) is 0 Å². The molecule has 1 N–H and O–H groups in total. The summed E-state index contributed by atoms with van der Waals surface area (Å²) in [6, 6.07) is 10.2. The highest BCUT2D eigenvalue weighted by atomic mass is 79.9. The predicted molar refractivity (Wildman–Crippen MR) is 87.8 cm³/mol. The Hall–Kier alpha value is -1.55. The highest BCUT2D eigenvalue weighted by Crippen LogP contribution is 2.28. The summed E-state index contributed by atoms with van der Waals surface area (Å²) in [6.07, 6.45) is 1.36. The second-order valence-corrected chi connectivity index (χ2v) is 5.92. The van der Waals surface area contributed by atoms with Crippen molar-refractivity contribution < 1.29 is 9.21 Å². The number of nitriles is 1. The molecular formula is C14H7Br2ClN2O2. The summed E-state index contributed by atoms with van der Waals surface area (Å²) >= 11 is 12.3. The average molecular weight is 430 g/mol. The molecule has 1 aromatic carbocycles. The van der Waals surface area contributed by atoms with Gasteiger partial charge in [0.05, 0.1) is 4.47 Å². The van der Waals surface area contributed by atoms with Gasteiger partial charge < -0.3 is 9.73 Å². The van der Waals surface area contributed by atoms with Gasteiger partial charge in [-0.2, -0.15) is 5.26 Å². The van der Waals surface area contributed by atoms with Crippen LogP contribution in [0.2, 0.25) is 5.02 Å². The van der Waals surface area contributed by atoms with Crippen LogP contribution in [0.5, 0.6) is 0 Å². The summed E-state index contributed by atoms with van der Waals surface area (Å²) in [7, 11) is 0. The minimum atomic E-state index is -0.539. The molecule has 0 saturated heterocycles. The van der Waals surface area contributed by atoms with Gasteiger partial charge in [0, 0.05) is 16.8 Å². The molecule has 0 atom stereocenters. The molecule has 1 amide bonds. The van der Waals surface area contributed by atoms with Gasteiger partial charge in [-0.1, -0.05) is 17.7 Å². The van der Waals surface area contributed by atoms with Gasteiger partial charge in [0.25, 0.3) is 5.91 Å². The maximum absolute atomic E-state index is 12.0. The van der Waals surface area contributed by atoms with E-state index in [0.29, 0.717) is 25.6 Å². The summed E-state index contributed by atoms with van der Waals surface area (Å²) < 4.78 is 6.49. The highest BCUT2D eigenvalue weighted by Gasteiger charge is 2.12. The number of hydrogen-bond donors (Lipinski definition) is 1. The maximum atomic E-state index is 12.0. The SMILES string of the molecule is N#C/C(=C/c1cc(Br)c(Br)o1)C(=O)Nc1cccc(Cl)c1. The van der Waals surface area contributed by atoms with Gasteiger partial charge in [-0.25, -0.2) is 0 Å². The van der Waals surface area contributed by atoms with Gasteiger partial charge in [0.15, 0.2) is 4.67 Å². The summed E-state index contributed by atoms with van der Waals surface area (Å²) in [6.45, 7) is 0. The van der Waals surface area contributed by atoms with Crippen LogP contribution in [0.4, 0.5) is 5.69 Å². The Morgan fingerprint density at radius 1 is 1.38 bits per heavy atom. The van der Waals surface area contributed by atoms with Crippen LogP contribution in [-0.2, 0) is 4.79 Å². The number of furan rings is 1. The molecule has 0 fully saturated rings. The first-order chi connectivity index (χ1) is 9.99. The van der Waals surface area contributed by atoms with Crippen LogP contribution in [0.1, 0.15) is 5.76 Å². The van der Waals surface area contributed by atoms with E-state index in [1.807, 2.05) is 6.07 Å². The minimum Gasteiger partial charge on any atom is -0.449 e. The van der Waals surface area contributed by atoms with Gasteiger partial charge >= 0.3 is 0 Å². The molecule has 1 aromatic heterocycles. The first-order valence-corrected chi connectivity index (χ1v) is 7.59. The van der Waals surface area contributed by atoms with Crippen LogP contribution < -0.4 is 5.32 Å². The van der Waals surface area contributed by atoms with E-state index in [4.69, 9.17) is 21.3 Å². The Morgan fingerprint density at radius 2 is 2.14 bits per heavy atom. The van der Waals surface area contributed by atoms with Crippen LogP contribution in [0.25, 0.3) is 6.08 Å². The largest absolute Gasteiger partial charge is 0.449 e. The first kappa shape index (κ1) is 15.8. The number of rotatable bonds is 3. The zero-order valence-electron chi connectivity index (χ0n) is 10.4. The summed E-state index contributed by atoms with van der Waals surface area (Å²) in [5, 5.41) is 12.2. The van der Waals surface area contributed by atoms with Gasteiger partial charge in [-0.05, 0) is 56.1 Å². The molecule has 4 nitrogen and oxygen atoms in total. The molecule has 0 spiro atoms. The maximum Gasteiger partial charge on any atom is 0.266 e. The Labute approximate surface area is 142 Å². The van der Waals surface area contributed by atoms with Crippen molar-refractivity contribution in [3.8, 4) is 6.07 Å². The minimum absolute atomic E-state index is 0.0799. The van der Waals surface area contributed by atoms with Gasteiger partial charge in [-0.15, -0.1) is 0 Å². The molecule has 106 valence electrons. The third-order valence-corrected chi connectivity index (χ3v) is 4.34. The van der Waals surface area contributed by atoms with Gasteiger partial charge in [0.2, 0.25) is 0 Å². The summed E-state index contributed by atoms with van der Waals surface area (Å²) in [4.78, 5) is 12.0. The van der Waals surface area contributed by atoms with Gasteiger partial charge in [-0.3, -0.25) is 4.79 Å². The Bertz CT molecular complexity index is 743. The third-order valence-electron chi connectivity index (χ3n) is 2.40. The molecular weight excluding hydrogens is 423 g/mol. The third kappa shape index (κ3) is 4.21. The quantitative estimate of drug-likeness (QED) is 0.550. The van der Waals surface area contributed by atoms with E-state index in [0.717, 1.165) is 0 Å². The molecule has 2 rings (SSSR count). The lowest BCUT2D eigenvalue weighted by Crippen LogP contribution is -2.13. The van der Waals surface area contributed by atoms with E-state index in [-0.39, 0.29) is 5.57 Å². The van der Waals surface area contributed by atoms with Crippen LogP contribution in [0, 0.1) is 11.3 Å². The monoisotopic (exact) mass is 428 g/mol. The summed E-state index contributed by atoms with van der Waals surface area (Å²) in [5.74, 6) is -0.157. The number of halogens is 3. The molecule has 1 heterocycles. The number of nitrogens with one attached hydrogen (secondary N) is 1. The second kappa shape index (κ2) is 6.94. The first-order valence-electron chi connectivity index (χ1n) is 5.63. The van der Waals surface area contributed by atoms with Crippen molar-refractivity contribution in [3.05, 3.63) is 55.8 Å². The fraction of sp³-hybridized carbons (Fsp3) is 0. The average Bonchev–Trinajstić information content (AvgIpc) is 2.74. The molecule has 0 aliphatic heterocycles. The Morgan fingerprint density at radius 3 is 2.71 bits per heavy atom. The van der Waals surface area contributed by atoms with E-state index >= 15 is 0 Å². The van der Waals surface area contributed by atoms with E-state index in [2.05, 4.69) is 37.2 Å². The molecule has 0 bridgehead atoms. The van der Waals surface area contributed by atoms with E-state index in [1.165, 1.54) is 6.08 Å². The number of amides is 1. The normalized spacial score (nSPS) is 11.0. The lowest BCUT2D eigenvalue weighted by Gasteiger charge is -2.04. The number of benzene rings is 1. The van der Waals surface area contributed by atoms with Crippen molar-refractivity contribution in [2.75, 3.05) is 5.32 Å². The lowest BCUT2D eigenvalue weighted by molar-refractivity contribution is -0.112. The van der Waals surface area contributed by atoms with E-state index < -0.39 is 5.91 Å². The smallest absolute Gasteiger partial charge is 0.266 e. The molecule has 7 heteroatoms. The van der Waals surface area contributed by atoms with Crippen LogP contribution in [0.15, 0.2) is 49.5 Å². The van der Waals surface area contributed by atoms with Crippen molar-refractivity contribution >= 4 is 61.1 Å².